The van der Waals surface area contributed by atoms with Gasteiger partial charge >= 0.3 is 13.1 Å². The molecular weight excluding hydrogens is 211 g/mol. The van der Waals surface area contributed by atoms with Gasteiger partial charge in [-0.1, -0.05) is 6.42 Å². The molecule has 1 saturated heterocycles. The van der Waals surface area contributed by atoms with Crippen LogP contribution in [0.1, 0.15) is 19.3 Å². The molecule has 1 aliphatic rings. The van der Waals surface area contributed by atoms with Crippen molar-refractivity contribution in [2.75, 3.05) is 13.1 Å². The van der Waals surface area contributed by atoms with Crippen LogP contribution in [0.3, 0.4) is 0 Å². The maximum Gasteiger partial charge on any atom is 0.451 e. The van der Waals surface area contributed by atoms with Crippen molar-refractivity contribution in [3.05, 3.63) is 0 Å². The first-order chi connectivity index (χ1) is 7.53. The van der Waals surface area contributed by atoms with Crippen LogP contribution in [0.15, 0.2) is 0 Å². The number of carboxylic acids is 1. The Morgan fingerprint density at radius 2 is 2.25 bits per heavy atom. The summed E-state index contributed by atoms with van der Waals surface area (Å²) in [5.41, 5.74) is 4.52. The Bertz CT molecular complexity index is 252. The number of nitrogens with two attached hydrogens (primary N) is 1. The minimum Gasteiger partial charge on any atom is -0.480 e. The van der Waals surface area contributed by atoms with Gasteiger partial charge in [0.15, 0.2) is 0 Å². The van der Waals surface area contributed by atoms with Gasteiger partial charge in [0.2, 0.25) is 0 Å². The lowest BCUT2D eigenvalue weighted by Gasteiger charge is -2.29. The van der Waals surface area contributed by atoms with Crippen molar-refractivity contribution in [3.63, 3.8) is 0 Å². The van der Waals surface area contributed by atoms with Crippen molar-refractivity contribution in [1.29, 1.82) is 0 Å². The van der Waals surface area contributed by atoms with Gasteiger partial charge in [-0.25, -0.2) is 0 Å². The predicted molar refractivity (Wildman–Crippen MR) is 59.8 cm³/mol. The van der Waals surface area contributed by atoms with Gasteiger partial charge in [0.25, 0.3) is 0 Å². The predicted octanol–water partition coefficient (Wildman–Crippen LogP) is -1.37. The average molecular weight is 230 g/mol. The first kappa shape index (κ1) is 13.4. The normalized spacial score (nSPS) is 29.3. The Morgan fingerprint density at radius 1 is 1.56 bits per heavy atom. The van der Waals surface area contributed by atoms with Crippen molar-refractivity contribution in [1.82, 2.24) is 5.32 Å². The molecule has 6 N–H and O–H groups in total. The second kappa shape index (κ2) is 5.63. The summed E-state index contributed by atoms with van der Waals surface area (Å²) in [7, 11) is -1.31. The van der Waals surface area contributed by atoms with E-state index < -0.39 is 18.6 Å². The molecule has 0 aliphatic carbocycles. The Labute approximate surface area is 95.0 Å². The second-order valence-corrected chi connectivity index (χ2v) is 4.30. The maximum absolute atomic E-state index is 11.2. The van der Waals surface area contributed by atoms with E-state index in [1.165, 1.54) is 0 Å². The highest BCUT2D eigenvalue weighted by atomic mass is 16.4. The minimum atomic E-state index is -1.31. The Morgan fingerprint density at radius 3 is 2.75 bits per heavy atom. The van der Waals surface area contributed by atoms with Gasteiger partial charge < -0.3 is 26.2 Å². The van der Waals surface area contributed by atoms with E-state index in [0.717, 1.165) is 6.42 Å². The van der Waals surface area contributed by atoms with Crippen LogP contribution in [0.25, 0.3) is 0 Å². The van der Waals surface area contributed by atoms with Gasteiger partial charge in [-0.3, -0.25) is 4.79 Å². The molecule has 0 unspecified atom stereocenters. The highest BCUT2D eigenvalue weighted by Gasteiger charge is 2.47. The molecule has 0 aromatic carbocycles. The van der Waals surface area contributed by atoms with Gasteiger partial charge in [0.05, 0.1) is 0 Å². The van der Waals surface area contributed by atoms with Crippen LogP contribution in [-0.4, -0.2) is 46.9 Å². The van der Waals surface area contributed by atoms with Crippen molar-refractivity contribution in [2.45, 2.75) is 31.1 Å². The summed E-state index contributed by atoms with van der Waals surface area (Å²) in [6, 6.07) is 0. The van der Waals surface area contributed by atoms with Gasteiger partial charge in [-0.15, -0.1) is 0 Å². The monoisotopic (exact) mass is 230 g/mol. The minimum absolute atomic E-state index is 0.0336. The number of hydrogen-bond acceptors (Lipinski definition) is 5. The highest BCUT2D eigenvalue weighted by molar-refractivity contribution is 6.40. The summed E-state index contributed by atoms with van der Waals surface area (Å²) in [4.78, 5) is 11.2. The molecule has 0 bridgehead atoms. The summed E-state index contributed by atoms with van der Waals surface area (Å²) in [6.45, 7) is 0.713. The number of hydrogen-bond donors (Lipinski definition) is 5. The molecule has 1 aliphatic heterocycles. The van der Waals surface area contributed by atoms with E-state index in [-0.39, 0.29) is 18.8 Å². The van der Waals surface area contributed by atoms with Crippen LogP contribution in [0.5, 0.6) is 0 Å². The summed E-state index contributed by atoms with van der Waals surface area (Å²) in [6.07, 6.45) is 2.29. The van der Waals surface area contributed by atoms with Crippen molar-refractivity contribution < 1.29 is 19.9 Å². The van der Waals surface area contributed by atoms with E-state index in [9.17, 15) is 9.90 Å². The number of carboxylic acid groups (broad SMARTS) is 1. The molecule has 0 aromatic heterocycles. The fraction of sp³-hybridized carbons (Fsp3) is 0.889. The van der Waals surface area contributed by atoms with Gasteiger partial charge in [0.1, 0.15) is 5.54 Å². The van der Waals surface area contributed by atoms with Crippen LogP contribution in [0.2, 0.25) is 6.32 Å². The molecule has 1 rings (SSSR count). The molecule has 0 aromatic rings. The van der Waals surface area contributed by atoms with E-state index in [2.05, 4.69) is 5.32 Å². The molecule has 7 heteroatoms. The molecule has 0 saturated carbocycles. The number of nitrogens with one attached hydrogen (secondary N) is 1. The number of aliphatic carboxylic acids is 1. The topological polar surface area (TPSA) is 116 Å². The number of carbonyl (C=O) groups is 1. The standard InChI is InChI=1S/C9H19BN2O4/c11-6-9(8(13)14)7(3-5-12-9)2-1-4-10(15)16/h7,12,15-16H,1-6,11H2,(H,13,14)/t7-,9+/m1/s1. The van der Waals surface area contributed by atoms with E-state index in [1.807, 2.05) is 0 Å². The van der Waals surface area contributed by atoms with Crippen LogP contribution in [-0.2, 0) is 4.79 Å². The van der Waals surface area contributed by atoms with Gasteiger partial charge in [0, 0.05) is 6.54 Å². The van der Waals surface area contributed by atoms with Gasteiger partial charge in [-0.05, 0) is 31.6 Å². The van der Waals surface area contributed by atoms with Crippen molar-refractivity contribution in [3.8, 4) is 0 Å². The lowest BCUT2D eigenvalue weighted by molar-refractivity contribution is -0.145. The lowest BCUT2D eigenvalue weighted by Crippen LogP contribution is -2.57. The lowest BCUT2D eigenvalue weighted by atomic mass is 9.77. The molecule has 6 nitrogen and oxygen atoms in total. The molecule has 0 spiro atoms. The van der Waals surface area contributed by atoms with Gasteiger partial charge in [-0.2, -0.15) is 0 Å². The van der Waals surface area contributed by atoms with E-state index in [1.54, 1.807) is 0 Å². The molecule has 0 radical (unpaired) electrons. The zero-order chi connectivity index (χ0) is 12.2. The fourth-order valence-electron chi connectivity index (χ4n) is 2.37. The second-order valence-electron chi connectivity index (χ2n) is 4.30. The first-order valence-electron chi connectivity index (χ1n) is 5.57. The summed E-state index contributed by atoms with van der Waals surface area (Å²) < 4.78 is 0. The Balaban J connectivity index is 2.54. The smallest absolute Gasteiger partial charge is 0.451 e. The van der Waals surface area contributed by atoms with Crippen LogP contribution < -0.4 is 11.1 Å². The summed E-state index contributed by atoms with van der Waals surface area (Å²) in [5, 5.41) is 29.6. The van der Waals surface area contributed by atoms with E-state index in [4.69, 9.17) is 15.8 Å². The van der Waals surface area contributed by atoms with E-state index >= 15 is 0 Å². The average Bonchev–Trinajstić information content (AvgIpc) is 2.61. The Hall–Kier alpha value is -0.625. The molecular formula is C9H19BN2O4. The molecule has 16 heavy (non-hydrogen) atoms. The molecule has 2 atom stereocenters. The van der Waals surface area contributed by atoms with Crippen LogP contribution >= 0.6 is 0 Å². The third-order valence-electron chi connectivity index (χ3n) is 3.35. The fourth-order valence-corrected chi connectivity index (χ4v) is 2.37. The summed E-state index contributed by atoms with van der Waals surface area (Å²) >= 11 is 0. The summed E-state index contributed by atoms with van der Waals surface area (Å²) in [5.74, 6) is -0.948. The van der Waals surface area contributed by atoms with Crippen molar-refractivity contribution in [2.24, 2.45) is 11.7 Å². The molecule has 1 fully saturated rings. The third-order valence-corrected chi connectivity index (χ3v) is 3.35. The molecule has 92 valence electrons. The number of rotatable bonds is 6. The van der Waals surface area contributed by atoms with Crippen LogP contribution in [0.4, 0.5) is 0 Å². The highest BCUT2D eigenvalue weighted by Crippen LogP contribution is 2.31. The van der Waals surface area contributed by atoms with Crippen molar-refractivity contribution >= 4 is 13.1 Å². The third kappa shape index (κ3) is 2.73. The first-order valence-corrected chi connectivity index (χ1v) is 5.57. The Kier molecular flexibility index (Phi) is 4.73. The quantitative estimate of drug-likeness (QED) is 0.359. The zero-order valence-corrected chi connectivity index (χ0v) is 9.22. The van der Waals surface area contributed by atoms with Crippen LogP contribution in [0, 0.1) is 5.92 Å². The van der Waals surface area contributed by atoms with E-state index in [0.29, 0.717) is 19.4 Å². The zero-order valence-electron chi connectivity index (χ0n) is 9.22. The maximum atomic E-state index is 11.2. The largest absolute Gasteiger partial charge is 0.480 e. The SMILES string of the molecule is NC[C@]1(C(=O)O)NCC[C@H]1CCCB(O)O. The molecule has 0 amide bonds. The molecule has 1 heterocycles.